The third kappa shape index (κ3) is 4.51. The maximum atomic E-state index is 12.9. The van der Waals surface area contributed by atoms with E-state index in [2.05, 4.69) is 22.3 Å². The van der Waals surface area contributed by atoms with Crippen molar-refractivity contribution in [1.29, 1.82) is 0 Å². The van der Waals surface area contributed by atoms with Gasteiger partial charge < -0.3 is 14.4 Å². The van der Waals surface area contributed by atoms with E-state index in [1.807, 2.05) is 30.3 Å². The van der Waals surface area contributed by atoms with Gasteiger partial charge in [-0.25, -0.2) is 0 Å². The zero-order chi connectivity index (χ0) is 24.6. The molecular weight excluding hydrogens is 458 g/mol. The molecular formula is C28H31N3O5. The van der Waals surface area contributed by atoms with E-state index in [0.29, 0.717) is 31.2 Å². The minimum atomic E-state index is -0.602. The quantitative estimate of drug-likeness (QED) is 0.602. The molecule has 3 atom stereocenters. The van der Waals surface area contributed by atoms with E-state index in [1.54, 1.807) is 11.0 Å². The number of ether oxygens (including phenoxy) is 2. The molecule has 3 heterocycles. The first kappa shape index (κ1) is 23.2. The number of piperidine rings is 1. The Morgan fingerprint density at radius 3 is 2.61 bits per heavy atom. The number of amides is 3. The molecule has 8 heteroatoms. The molecule has 2 aromatic rings. The molecule has 1 aliphatic carbocycles. The largest absolute Gasteiger partial charge is 0.489 e. The number of carbonyl (C=O) groups is 3. The molecule has 3 amide bonds. The van der Waals surface area contributed by atoms with Gasteiger partial charge in [-0.3, -0.25) is 24.6 Å². The second kappa shape index (κ2) is 9.67. The first-order chi connectivity index (χ1) is 17.5. The van der Waals surface area contributed by atoms with E-state index in [-0.39, 0.29) is 30.4 Å². The fourth-order valence-electron chi connectivity index (χ4n) is 5.89. The van der Waals surface area contributed by atoms with E-state index in [0.717, 1.165) is 43.7 Å². The Morgan fingerprint density at radius 2 is 1.81 bits per heavy atom. The molecule has 2 saturated heterocycles. The number of nitrogens with one attached hydrogen (secondary N) is 1. The molecule has 6 rings (SSSR count). The van der Waals surface area contributed by atoms with Crippen molar-refractivity contribution in [2.45, 2.75) is 69.5 Å². The maximum Gasteiger partial charge on any atom is 0.255 e. The zero-order valence-electron chi connectivity index (χ0n) is 20.2. The second-order valence-electron chi connectivity index (χ2n) is 10.2. The lowest BCUT2D eigenvalue weighted by atomic mass is 10.0. The second-order valence-corrected chi connectivity index (χ2v) is 10.2. The molecule has 4 aliphatic rings. The third-order valence-corrected chi connectivity index (χ3v) is 7.87. The Labute approximate surface area is 210 Å². The monoisotopic (exact) mass is 489 g/mol. The Bertz CT molecular complexity index is 1160. The first-order valence-electron chi connectivity index (χ1n) is 12.9. The van der Waals surface area contributed by atoms with Crippen molar-refractivity contribution in [3.8, 4) is 5.75 Å². The average molecular weight is 490 g/mol. The van der Waals surface area contributed by atoms with E-state index in [4.69, 9.17) is 9.47 Å². The molecule has 0 spiro atoms. The number of benzene rings is 2. The average Bonchev–Trinajstić information content (AvgIpc) is 3.43. The number of imide groups is 1. The van der Waals surface area contributed by atoms with Crippen LogP contribution in [0.3, 0.4) is 0 Å². The van der Waals surface area contributed by atoms with Crippen molar-refractivity contribution in [1.82, 2.24) is 15.1 Å². The van der Waals surface area contributed by atoms with E-state index < -0.39 is 11.9 Å². The van der Waals surface area contributed by atoms with Crippen LogP contribution in [0, 0.1) is 0 Å². The summed E-state index contributed by atoms with van der Waals surface area (Å²) in [6, 6.07) is 15.6. The van der Waals surface area contributed by atoms with Crippen LogP contribution in [0.25, 0.3) is 0 Å². The van der Waals surface area contributed by atoms with Gasteiger partial charge in [0, 0.05) is 37.7 Å². The van der Waals surface area contributed by atoms with Crippen LogP contribution >= 0.6 is 0 Å². The van der Waals surface area contributed by atoms with Gasteiger partial charge in [-0.1, -0.05) is 30.3 Å². The summed E-state index contributed by atoms with van der Waals surface area (Å²) in [6.45, 7) is 2.86. The van der Waals surface area contributed by atoms with Crippen LogP contribution in [-0.2, 0) is 27.5 Å². The van der Waals surface area contributed by atoms with E-state index in [1.165, 1.54) is 5.56 Å². The highest BCUT2D eigenvalue weighted by Crippen LogP contribution is 2.34. The summed E-state index contributed by atoms with van der Waals surface area (Å²) in [7, 11) is 0. The molecule has 1 saturated carbocycles. The van der Waals surface area contributed by atoms with Crippen LogP contribution in [0.2, 0.25) is 0 Å². The number of carbonyl (C=O) groups excluding carboxylic acids is 3. The number of hydrogen-bond acceptors (Lipinski definition) is 6. The van der Waals surface area contributed by atoms with Crippen LogP contribution in [0.4, 0.5) is 0 Å². The summed E-state index contributed by atoms with van der Waals surface area (Å²) >= 11 is 0. The summed E-state index contributed by atoms with van der Waals surface area (Å²) in [5.74, 6) is -0.0651. The molecule has 0 aromatic heterocycles. The van der Waals surface area contributed by atoms with Gasteiger partial charge in [-0.2, -0.15) is 0 Å². The van der Waals surface area contributed by atoms with Gasteiger partial charge in [0.25, 0.3) is 5.91 Å². The molecule has 3 aliphatic heterocycles. The van der Waals surface area contributed by atoms with Crippen molar-refractivity contribution in [2.24, 2.45) is 0 Å². The third-order valence-electron chi connectivity index (χ3n) is 7.87. The van der Waals surface area contributed by atoms with Gasteiger partial charge in [0.2, 0.25) is 11.8 Å². The lowest BCUT2D eigenvalue weighted by Crippen LogP contribution is -2.58. The summed E-state index contributed by atoms with van der Waals surface area (Å²) < 4.78 is 12.5. The molecule has 0 radical (unpaired) electrons. The minimum Gasteiger partial charge on any atom is -0.489 e. The molecule has 1 N–H and O–H groups in total. The van der Waals surface area contributed by atoms with Gasteiger partial charge in [0.05, 0.1) is 12.7 Å². The van der Waals surface area contributed by atoms with E-state index >= 15 is 0 Å². The number of hydrogen-bond donors (Lipinski definition) is 1. The predicted molar refractivity (Wildman–Crippen MR) is 131 cm³/mol. The fourth-order valence-corrected chi connectivity index (χ4v) is 5.89. The topological polar surface area (TPSA) is 88.2 Å². The van der Waals surface area contributed by atoms with Crippen molar-refractivity contribution >= 4 is 17.7 Å². The molecule has 1 unspecified atom stereocenters. The Balaban J connectivity index is 1.05. The van der Waals surface area contributed by atoms with Gasteiger partial charge >= 0.3 is 0 Å². The lowest BCUT2D eigenvalue weighted by molar-refractivity contribution is -0.136. The smallest absolute Gasteiger partial charge is 0.255 e. The SMILES string of the molecule is O=C1CCC(N2Cc3cc(O[C@H]4CCC[C@@H]4N4CC(OCc5ccccc5)C4)ccc3C2=O)C(=O)N1. The first-order valence-corrected chi connectivity index (χ1v) is 12.9. The van der Waals surface area contributed by atoms with Crippen LogP contribution in [-0.4, -0.2) is 64.9 Å². The summed E-state index contributed by atoms with van der Waals surface area (Å²) in [5.41, 5.74) is 2.68. The highest BCUT2D eigenvalue weighted by Gasteiger charge is 2.42. The van der Waals surface area contributed by atoms with Gasteiger partial charge in [0.15, 0.2) is 0 Å². The highest BCUT2D eigenvalue weighted by molar-refractivity contribution is 6.05. The highest BCUT2D eigenvalue weighted by atomic mass is 16.5. The van der Waals surface area contributed by atoms with Crippen molar-refractivity contribution in [2.75, 3.05) is 13.1 Å². The molecule has 2 aromatic carbocycles. The van der Waals surface area contributed by atoms with Crippen molar-refractivity contribution in [3.63, 3.8) is 0 Å². The number of likely N-dealkylation sites (tertiary alicyclic amines) is 1. The lowest BCUT2D eigenvalue weighted by Gasteiger charge is -2.44. The zero-order valence-corrected chi connectivity index (χ0v) is 20.2. The Hall–Kier alpha value is -3.23. The molecule has 36 heavy (non-hydrogen) atoms. The summed E-state index contributed by atoms with van der Waals surface area (Å²) in [6.07, 6.45) is 4.25. The Morgan fingerprint density at radius 1 is 0.972 bits per heavy atom. The van der Waals surface area contributed by atoms with E-state index in [9.17, 15) is 14.4 Å². The van der Waals surface area contributed by atoms with Crippen LogP contribution < -0.4 is 10.1 Å². The van der Waals surface area contributed by atoms with Crippen molar-refractivity contribution in [3.05, 3.63) is 65.2 Å². The number of rotatable bonds is 7. The molecule has 3 fully saturated rings. The van der Waals surface area contributed by atoms with Gasteiger partial charge in [-0.05, 0) is 55.0 Å². The minimum absolute atomic E-state index is 0.112. The van der Waals surface area contributed by atoms with Crippen molar-refractivity contribution < 1.29 is 23.9 Å². The van der Waals surface area contributed by atoms with Crippen LogP contribution in [0.1, 0.15) is 53.6 Å². The maximum absolute atomic E-state index is 12.9. The normalized spacial score (nSPS) is 26.6. The number of nitrogens with zero attached hydrogens (tertiary/aromatic N) is 2. The van der Waals surface area contributed by atoms with Crippen LogP contribution in [0.5, 0.6) is 5.75 Å². The number of fused-ring (bicyclic) bond motifs is 1. The predicted octanol–water partition coefficient (Wildman–Crippen LogP) is 2.65. The summed E-state index contributed by atoms with van der Waals surface area (Å²) in [4.78, 5) is 40.8. The molecule has 188 valence electrons. The molecule has 0 bridgehead atoms. The van der Waals surface area contributed by atoms with Gasteiger partial charge in [-0.15, -0.1) is 0 Å². The van der Waals surface area contributed by atoms with Crippen LogP contribution in [0.15, 0.2) is 48.5 Å². The van der Waals surface area contributed by atoms with Gasteiger partial charge in [0.1, 0.15) is 17.9 Å². The standard InChI is InChI=1S/C28H31N3O5/c32-26-12-11-24(27(33)29-26)31-14-19-13-20(9-10-22(19)28(31)34)36-25-8-4-7-23(25)30-15-21(16-30)35-17-18-5-2-1-3-6-18/h1-3,5-6,9-10,13,21,23-25H,4,7-8,11-12,14-17H2,(H,29,32,33)/t23-,24?,25-/m0/s1. The Kier molecular flexibility index (Phi) is 6.23. The summed E-state index contributed by atoms with van der Waals surface area (Å²) in [5, 5.41) is 2.35. The fraction of sp³-hybridized carbons (Fsp3) is 0.464. The molecule has 8 nitrogen and oxygen atoms in total.